The van der Waals surface area contributed by atoms with E-state index in [-0.39, 0.29) is 0 Å². The summed E-state index contributed by atoms with van der Waals surface area (Å²) in [4.78, 5) is 0. The molecule has 0 aliphatic heterocycles. The van der Waals surface area contributed by atoms with Crippen LogP contribution >= 0.6 is 23.2 Å². The van der Waals surface area contributed by atoms with Crippen LogP contribution in [0.25, 0.3) is 0 Å². The Kier molecular flexibility index (Phi) is 4.61. The van der Waals surface area contributed by atoms with E-state index in [2.05, 4.69) is 0 Å². The molecule has 0 aliphatic carbocycles. The zero-order chi connectivity index (χ0) is 13.0. The molecule has 4 heteroatoms. The molecular formula is C14H14Cl2N2. The Morgan fingerprint density at radius 2 is 1.06 bits per heavy atom. The fraction of sp³-hybridized carbons (Fsp3) is 0.143. The molecule has 2 N–H and O–H groups in total. The summed E-state index contributed by atoms with van der Waals surface area (Å²) >= 11 is 11.7. The van der Waals surface area contributed by atoms with E-state index in [9.17, 15) is 0 Å². The van der Waals surface area contributed by atoms with E-state index in [0.29, 0.717) is 13.1 Å². The summed E-state index contributed by atoms with van der Waals surface area (Å²) in [6.07, 6.45) is 0. The van der Waals surface area contributed by atoms with Gasteiger partial charge in [0, 0.05) is 23.1 Å². The zero-order valence-electron chi connectivity index (χ0n) is 9.81. The molecule has 2 rings (SSSR count). The first kappa shape index (κ1) is 13.4. The quantitative estimate of drug-likeness (QED) is 0.681. The van der Waals surface area contributed by atoms with Gasteiger partial charge >= 0.3 is 0 Å². The first-order valence-electron chi connectivity index (χ1n) is 5.62. The summed E-state index contributed by atoms with van der Waals surface area (Å²) in [6.45, 7) is 1.36. The maximum Gasteiger partial charge on any atom is 0.0406 e. The van der Waals surface area contributed by atoms with E-state index in [1.807, 2.05) is 48.5 Å². The number of hydrazine groups is 1. The van der Waals surface area contributed by atoms with Crippen molar-refractivity contribution in [1.29, 1.82) is 0 Å². The SMILES string of the molecule is NN(Cc1ccc(Cl)cc1)Cc1ccc(Cl)cc1. The van der Waals surface area contributed by atoms with Crippen molar-refractivity contribution in [2.24, 2.45) is 5.84 Å². The lowest BCUT2D eigenvalue weighted by atomic mass is 10.2. The molecule has 0 saturated heterocycles. The van der Waals surface area contributed by atoms with Crippen LogP contribution < -0.4 is 5.84 Å². The molecule has 0 amide bonds. The Labute approximate surface area is 117 Å². The van der Waals surface area contributed by atoms with Gasteiger partial charge < -0.3 is 0 Å². The Bertz CT molecular complexity index is 447. The highest BCUT2D eigenvalue weighted by Crippen LogP contribution is 2.13. The van der Waals surface area contributed by atoms with Crippen molar-refractivity contribution in [3.8, 4) is 0 Å². The molecule has 0 aliphatic rings. The highest BCUT2D eigenvalue weighted by molar-refractivity contribution is 6.30. The third-order valence-electron chi connectivity index (χ3n) is 2.60. The summed E-state index contributed by atoms with van der Waals surface area (Å²) in [7, 11) is 0. The lowest BCUT2D eigenvalue weighted by molar-refractivity contribution is 0.266. The van der Waals surface area contributed by atoms with E-state index in [1.54, 1.807) is 5.01 Å². The molecule has 0 heterocycles. The molecule has 0 aromatic heterocycles. The lowest BCUT2D eigenvalue weighted by Crippen LogP contribution is -2.29. The van der Waals surface area contributed by atoms with Crippen molar-refractivity contribution < 1.29 is 0 Å². The van der Waals surface area contributed by atoms with E-state index in [0.717, 1.165) is 21.2 Å². The molecule has 0 unspecified atom stereocenters. The van der Waals surface area contributed by atoms with Gasteiger partial charge in [-0.3, -0.25) is 5.84 Å². The van der Waals surface area contributed by atoms with Crippen LogP contribution in [-0.4, -0.2) is 5.01 Å². The van der Waals surface area contributed by atoms with Gasteiger partial charge in [0.05, 0.1) is 0 Å². The van der Waals surface area contributed by atoms with Crippen molar-refractivity contribution >= 4 is 23.2 Å². The van der Waals surface area contributed by atoms with Crippen LogP contribution in [-0.2, 0) is 13.1 Å². The molecule has 0 saturated carbocycles. The number of nitrogens with two attached hydrogens (primary N) is 1. The average Bonchev–Trinajstić information content (AvgIpc) is 2.35. The van der Waals surface area contributed by atoms with Crippen LogP contribution in [0.4, 0.5) is 0 Å². The molecule has 0 spiro atoms. The number of halogens is 2. The maximum absolute atomic E-state index is 5.98. The van der Waals surface area contributed by atoms with Gasteiger partial charge in [-0.25, -0.2) is 5.01 Å². The van der Waals surface area contributed by atoms with Crippen LogP contribution in [0.3, 0.4) is 0 Å². The summed E-state index contributed by atoms with van der Waals surface area (Å²) in [6, 6.07) is 15.4. The van der Waals surface area contributed by atoms with Gasteiger partial charge in [0.2, 0.25) is 0 Å². The predicted molar refractivity (Wildman–Crippen MR) is 76.3 cm³/mol. The average molecular weight is 281 g/mol. The number of hydrogen-bond acceptors (Lipinski definition) is 2. The minimum Gasteiger partial charge on any atom is -0.268 e. The van der Waals surface area contributed by atoms with Crippen LogP contribution in [0.1, 0.15) is 11.1 Å². The first-order chi connectivity index (χ1) is 8.63. The summed E-state index contributed by atoms with van der Waals surface area (Å²) in [5.74, 6) is 5.98. The van der Waals surface area contributed by atoms with E-state index in [1.165, 1.54) is 0 Å². The van der Waals surface area contributed by atoms with Crippen molar-refractivity contribution in [1.82, 2.24) is 5.01 Å². The van der Waals surface area contributed by atoms with Crippen molar-refractivity contribution in [2.75, 3.05) is 0 Å². The summed E-state index contributed by atoms with van der Waals surface area (Å²) < 4.78 is 0. The first-order valence-corrected chi connectivity index (χ1v) is 6.37. The molecule has 94 valence electrons. The molecule has 0 fully saturated rings. The standard InChI is InChI=1S/C14H14Cl2N2/c15-13-5-1-11(2-6-13)9-18(17)10-12-3-7-14(16)8-4-12/h1-8H,9-10,17H2. The van der Waals surface area contributed by atoms with Crippen molar-refractivity contribution in [3.63, 3.8) is 0 Å². The predicted octanol–water partition coefficient (Wildman–Crippen LogP) is 3.87. The Balaban J connectivity index is 1.94. The number of hydrogen-bond donors (Lipinski definition) is 1. The van der Waals surface area contributed by atoms with E-state index < -0.39 is 0 Å². The fourth-order valence-corrected chi connectivity index (χ4v) is 1.96. The van der Waals surface area contributed by atoms with Crippen LogP contribution in [0.5, 0.6) is 0 Å². The van der Waals surface area contributed by atoms with Crippen molar-refractivity contribution in [2.45, 2.75) is 13.1 Å². The van der Waals surface area contributed by atoms with E-state index in [4.69, 9.17) is 29.0 Å². The highest BCUT2D eigenvalue weighted by atomic mass is 35.5. The van der Waals surface area contributed by atoms with Gasteiger partial charge in [0.25, 0.3) is 0 Å². The van der Waals surface area contributed by atoms with Gasteiger partial charge in [-0.15, -0.1) is 0 Å². The smallest absolute Gasteiger partial charge is 0.0406 e. The number of benzene rings is 2. The molecule has 2 aromatic rings. The Hall–Kier alpha value is -1.06. The van der Waals surface area contributed by atoms with Gasteiger partial charge in [0.15, 0.2) is 0 Å². The van der Waals surface area contributed by atoms with Gasteiger partial charge in [0.1, 0.15) is 0 Å². The topological polar surface area (TPSA) is 29.3 Å². The molecule has 2 nitrogen and oxygen atoms in total. The Morgan fingerprint density at radius 3 is 1.39 bits per heavy atom. The van der Waals surface area contributed by atoms with Crippen LogP contribution in [0.2, 0.25) is 10.0 Å². The summed E-state index contributed by atoms with van der Waals surface area (Å²) in [5, 5.41) is 3.23. The number of nitrogens with zero attached hydrogens (tertiary/aromatic N) is 1. The minimum atomic E-state index is 0.680. The minimum absolute atomic E-state index is 0.680. The van der Waals surface area contributed by atoms with Crippen LogP contribution in [0, 0.1) is 0 Å². The van der Waals surface area contributed by atoms with Gasteiger partial charge in [-0.2, -0.15) is 0 Å². The zero-order valence-corrected chi connectivity index (χ0v) is 11.3. The second-order valence-corrected chi connectivity index (χ2v) is 5.03. The normalized spacial score (nSPS) is 10.9. The molecular weight excluding hydrogens is 267 g/mol. The number of rotatable bonds is 4. The molecule has 18 heavy (non-hydrogen) atoms. The Morgan fingerprint density at radius 1 is 0.722 bits per heavy atom. The van der Waals surface area contributed by atoms with E-state index >= 15 is 0 Å². The van der Waals surface area contributed by atoms with Gasteiger partial charge in [-0.1, -0.05) is 47.5 Å². The highest BCUT2D eigenvalue weighted by Gasteiger charge is 2.02. The summed E-state index contributed by atoms with van der Waals surface area (Å²) in [5.41, 5.74) is 2.27. The molecule has 0 radical (unpaired) electrons. The maximum atomic E-state index is 5.98. The molecule has 2 aromatic carbocycles. The second-order valence-electron chi connectivity index (χ2n) is 4.16. The second kappa shape index (κ2) is 6.21. The van der Waals surface area contributed by atoms with Crippen molar-refractivity contribution in [3.05, 3.63) is 69.7 Å². The molecule has 0 bridgehead atoms. The largest absolute Gasteiger partial charge is 0.268 e. The molecule has 0 atom stereocenters. The van der Waals surface area contributed by atoms with Gasteiger partial charge in [-0.05, 0) is 35.4 Å². The third-order valence-corrected chi connectivity index (χ3v) is 3.10. The monoisotopic (exact) mass is 280 g/mol. The fourth-order valence-electron chi connectivity index (χ4n) is 1.70. The lowest BCUT2D eigenvalue weighted by Gasteiger charge is -2.16. The third kappa shape index (κ3) is 4.00. The van der Waals surface area contributed by atoms with Crippen LogP contribution in [0.15, 0.2) is 48.5 Å².